The maximum atomic E-state index is 10.4. The Kier molecular flexibility index (Phi) is 5.88. The van der Waals surface area contributed by atoms with Crippen molar-refractivity contribution >= 4 is 17.5 Å². The minimum absolute atomic E-state index is 0.292. The molecule has 152 valence electrons. The third kappa shape index (κ3) is 5.00. The monoisotopic (exact) mass is 391 g/mol. The van der Waals surface area contributed by atoms with Gasteiger partial charge in [0.05, 0.1) is 0 Å². The fourth-order valence-corrected chi connectivity index (χ4v) is 3.77. The Bertz CT molecular complexity index is 883. The molecule has 2 heterocycles. The zero-order valence-electron chi connectivity index (χ0n) is 17.0. The van der Waals surface area contributed by atoms with Gasteiger partial charge in [0.2, 0.25) is 0 Å². The minimum atomic E-state index is -0.509. The third-order valence-electron chi connectivity index (χ3n) is 5.47. The molecule has 1 atom stereocenters. The molecule has 29 heavy (non-hydrogen) atoms. The van der Waals surface area contributed by atoms with Crippen LogP contribution in [0.5, 0.6) is 5.75 Å². The van der Waals surface area contributed by atoms with Crippen molar-refractivity contribution < 1.29 is 9.84 Å². The first kappa shape index (κ1) is 19.6. The Hall–Kier alpha value is -2.76. The van der Waals surface area contributed by atoms with Gasteiger partial charge in [-0.2, -0.15) is 0 Å². The average Bonchev–Trinajstić information content (AvgIpc) is 2.73. The smallest absolute Gasteiger partial charge is 0.120 e. The van der Waals surface area contributed by atoms with Crippen LogP contribution in [0.3, 0.4) is 0 Å². The molecule has 0 aromatic heterocycles. The Labute approximate surface area is 172 Å². The van der Waals surface area contributed by atoms with Gasteiger partial charge < -0.3 is 20.1 Å². The van der Waals surface area contributed by atoms with E-state index in [1.807, 2.05) is 30.4 Å². The van der Waals surface area contributed by atoms with Crippen LogP contribution in [0.25, 0.3) is 6.08 Å². The molecule has 0 saturated carbocycles. The van der Waals surface area contributed by atoms with Crippen molar-refractivity contribution in [1.29, 1.82) is 0 Å². The molecule has 5 nitrogen and oxygen atoms in total. The summed E-state index contributed by atoms with van der Waals surface area (Å²) in [5.74, 6) is 0.769. The van der Waals surface area contributed by atoms with Crippen LogP contribution in [0.15, 0.2) is 60.8 Å². The summed E-state index contributed by atoms with van der Waals surface area (Å²) in [5, 5.41) is 13.7. The van der Waals surface area contributed by atoms with E-state index in [4.69, 9.17) is 4.74 Å². The number of aryl methyl sites for hydroxylation is 1. The van der Waals surface area contributed by atoms with Crippen LogP contribution in [-0.2, 0) is 0 Å². The lowest BCUT2D eigenvalue weighted by Gasteiger charge is -2.36. The van der Waals surface area contributed by atoms with Crippen molar-refractivity contribution in [2.45, 2.75) is 13.0 Å². The Morgan fingerprint density at radius 2 is 1.83 bits per heavy atom. The number of allylic oxidation sites excluding steroid dienone is 1. The topological polar surface area (TPSA) is 48.0 Å². The van der Waals surface area contributed by atoms with E-state index in [0.29, 0.717) is 13.2 Å². The average molecular weight is 392 g/mol. The zero-order chi connectivity index (χ0) is 20.2. The molecule has 2 aliphatic rings. The highest BCUT2D eigenvalue weighted by atomic mass is 16.5. The van der Waals surface area contributed by atoms with Crippen LogP contribution >= 0.6 is 0 Å². The van der Waals surface area contributed by atoms with Crippen molar-refractivity contribution in [3.8, 4) is 5.75 Å². The second-order valence-corrected chi connectivity index (χ2v) is 7.82. The van der Waals surface area contributed by atoms with Crippen molar-refractivity contribution in [3.05, 3.63) is 71.9 Å². The maximum Gasteiger partial charge on any atom is 0.120 e. The van der Waals surface area contributed by atoms with Crippen LogP contribution in [0, 0.1) is 6.92 Å². The summed E-state index contributed by atoms with van der Waals surface area (Å²) in [5.41, 5.74) is 5.53. The molecule has 2 N–H and O–H groups in total. The zero-order valence-corrected chi connectivity index (χ0v) is 17.0. The van der Waals surface area contributed by atoms with Gasteiger partial charge in [-0.3, -0.25) is 4.90 Å². The molecule has 2 aromatic rings. The summed E-state index contributed by atoms with van der Waals surface area (Å²) in [4.78, 5) is 4.71. The first-order valence-electron chi connectivity index (χ1n) is 10.2. The normalized spacial score (nSPS) is 17.6. The molecule has 0 radical (unpaired) electrons. The number of hydrogen-bond acceptors (Lipinski definition) is 5. The number of nitrogens with zero attached hydrogens (tertiary/aromatic N) is 2. The lowest BCUT2D eigenvalue weighted by atomic mass is 10.1. The minimum Gasteiger partial charge on any atom is -0.491 e. The third-order valence-corrected chi connectivity index (χ3v) is 5.47. The van der Waals surface area contributed by atoms with Gasteiger partial charge in [-0.25, -0.2) is 0 Å². The molecular weight excluding hydrogens is 362 g/mol. The largest absolute Gasteiger partial charge is 0.491 e. The number of aliphatic hydroxyl groups is 1. The summed E-state index contributed by atoms with van der Waals surface area (Å²) in [6, 6.07) is 14.6. The summed E-state index contributed by atoms with van der Waals surface area (Å²) in [6.45, 7) is 10.8. The number of hydrogen-bond donors (Lipinski definition) is 2. The molecule has 4 rings (SSSR count). The second-order valence-electron chi connectivity index (χ2n) is 7.82. The van der Waals surface area contributed by atoms with E-state index >= 15 is 0 Å². The molecule has 0 unspecified atom stereocenters. The predicted molar refractivity (Wildman–Crippen MR) is 120 cm³/mol. The van der Waals surface area contributed by atoms with Gasteiger partial charge in [-0.15, -0.1) is 0 Å². The summed E-state index contributed by atoms with van der Waals surface area (Å²) in [6.07, 6.45) is 3.45. The van der Waals surface area contributed by atoms with E-state index in [1.165, 1.54) is 11.3 Å². The molecule has 2 aliphatic heterocycles. The molecular formula is C24H29N3O2. The van der Waals surface area contributed by atoms with E-state index in [1.54, 1.807) is 0 Å². The molecule has 2 aromatic carbocycles. The first-order chi connectivity index (χ1) is 14.1. The highest BCUT2D eigenvalue weighted by molar-refractivity contribution is 5.75. The molecule has 0 amide bonds. The molecule has 1 saturated heterocycles. The van der Waals surface area contributed by atoms with Gasteiger partial charge in [0.15, 0.2) is 0 Å². The molecule has 5 heteroatoms. The van der Waals surface area contributed by atoms with Gasteiger partial charge in [0.25, 0.3) is 0 Å². The van der Waals surface area contributed by atoms with Gasteiger partial charge in [-0.1, -0.05) is 30.4 Å². The van der Waals surface area contributed by atoms with Gasteiger partial charge in [0, 0.05) is 55.4 Å². The van der Waals surface area contributed by atoms with E-state index in [0.717, 1.165) is 48.9 Å². The van der Waals surface area contributed by atoms with Gasteiger partial charge in [0.1, 0.15) is 18.5 Å². The Balaban J connectivity index is 1.23. The highest BCUT2D eigenvalue weighted by Crippen LogP contribution is 2.28. The van der Waals surface area contributed by atoms with Crippen molar-refractivity contribution in [2.75, 3.05) is 49.5 Å². The molecule has 1 fully saturated rings. The van der Waals surface area contributed by atoms with E-state index in [9.17, 15) is 5.11 Å². The Morgan fingerprint density at radius 1 is 1.07 bits per heavy atom. The summed E-state index contributed by atoms with van der Waals surface area (Å²) in [7, 11) is 0. The van der Waals surface area contributed by atoms with Crippen molar-refractivity contribution in [1.82, 2.24) is 4.90 Å². The van der Waals surface area contributed by atoms with Crippen LogP contribution in [0.4, 0.5) is 11.4 Å². The Morgan fingerprint density at radius 3 is 2.59 bits per heavy atom. The van der Waals surface area contributed by atoms with Crippen LogP contribution in [0.1, 0.15) is 11.1 Å². The summed E-state index contributed by atoms with van der Waals surface area (Å²) < 4.78 is 5.83. The number of piperazine rings is 1. The number of rotatable bonds is 6. The van der Waals surface area contributed by atoms with Crippen molar-refractivity contribution in [2.24, 2.45) is 0 Å². The quantitative estimate of drug-likeness (QED) is 0.789. The molecule has 0 bridgehead atoms. The van der Waals surface area contributed by atoms with Gasteiger partial charge >= 0.3 is 0 Å². The summed E-state index contributed by atoms with van der Waals surface area (Å²) >= 11 is 0. The van der Waals surface area contributed by atoms with Crippen molar-refractivity contribution in [3.63, 3.8) is 0 Å². The lowest BCUT2D eigenvalue weighted by molar-refractivity contribution is 0.0663. The van der Waals surface area contributed by atoms with Crippen LogP contribution < -0.4 is 15.0 Å². The molecule has 0 aliphatic carbocycles. The lowest BCUT2D eigenvalue weighted by Crippen LogP contribution is -2.49. The van der Waals surface area contributed by atoms with E-state index in [-0.39, 0.29) is 0 Å². The first-order valence-corrected chi connectivity index (χ1v) is 10.2. The standard InChI is InChI=1S/C24H29N3O2/c1-18-3-7-21(8-4-18)27-13-11-26(12-14-27)16-22(28)17-29-23-9-10-24-20(15-23)6-5-19(2)25-24/h3-10,15,22,25,28H,2,11-14,16-17H2,1H3/t22-/m0/s1. The number of fused-ring (bicyclic) bond motifs is 1. The number of β-amino-alcohol motifs (C(OH)–C–C–N with tert-alkyl or cyclic N) is 1. The number of nitrogens with one attached hydrogen (secondary N) is 1. The highest BCUT2D eigenvalue weighted by Gasteiger charge is 2.20. The van der Waals surface area contributed by atoms with Gasteiger partial charge in [-0.05, 0) is 43.3 Å². The number of aliphatic hydroxyl groups excluding tert-OH is 1. The number of anilines is 2. The van der Waals surface area contributed by atoms with Crippen LogP contribution in [0.2, 0.25) is 0 Å². The van der Waals surface area contributed by atoms with E-state index in [2.05, 4.69) is 52.9 Å². The molecule has 0 spiro atoms. The predicted octanol–water partition coefficient (Wildman–Crippen LogP) is 3.51. The van der Waals surface area contributed by atoms with E-state index < -0.39 is 6.10 Å². The maximum absolute atomic E-state index is 10.4. The number of benzene rings is 2. The SMILES string of the molecule is C=C1C=Cc2cc(OC[C@@H](O)CN3CCN(c4ccc(C)cc4)CC3)ccc2N1. The fraction of sp³-hybridized carbons (Fsp3) is 0.333. The number of ether oxygens (including phenoxy) is 1. The fourth-order valence-electron chi connectivity index (χ4n) is 3.77. The van der Waals surface area contributed by atoms with Crippen LogP contribution in [-0.4, -0.2) is 55.4 Å². The second kappa shape index (κ2) is 8.72.